The summed E-state index contributed by atoms with van der Waals surface area (Å²) in [6.45, 7) is 2.80. The van der Waals surface area contributed by atoms with Crippen LogP contribution >= 0.6 is 0 Å². The van der Waals surface area contributed by atoms with E-state index in [1.54, 1.807) is 30.2 Å². The molecule has 0 saturated carbocycles. The van der Waals surface area contributed by atoms with Gasteiger partial charge in [-0.25, -0.2) is 0 Å². The van der Waals surface area contributed by atoms with Gasteiger partial charge in [0.15, 0.2) is 0 Å². The van der Waals surface area contributed by atoms with Crippen molar-refractivity contribution in [3.8, 4) is 5.75 Å². The molecule has 0 N–H and O–H groups in total. The molecule has 0 spiro atoms. The summed E-state index contributed by atoms with van der Waals surface area (Å²) in [5.74, 6) is -0.311. The van der Waals surface area contributed by atoms with Crippen LogP contribution in [0.25, 0.3) is 0 Å². The Morgan fingerprint density at radius 1 is 1.09 bits per heavy atom. The van der Waals surface area contributed by atoms with E-state index in [4.69, 9.17) is 4.74 Å². The van der Waals surface area contributed by atoms with E-state index in [0.29, 0.717) is 29.0 Å². The van der Waals surface area contributed by atoms with E-state index in [2.05, 4.69) is 0 Å². The molecule has 0 bridgehead atoms. The Balaban J connectivity index is 0.00000363. The highest BCUT2D eigenvalue weighted by Crippen LogP contribution is 2.43. The fourth-order valence-corrected chi connectivity index (χ4v) is 4.13. The zero-order valence-electron chi connectivity index (χ0n) is 19.0. The van der Waals surface area contributed by atoms with Crippen molar-refractivity contribution in [3.05, 3.63) is 59.2 Å². The molecule has 0 fully saturated rings. The maximum Gasteiger partial charge on any atom is 0.416 e. The van der Waals surface area contributed by atoms with Gasteiger partial charge in [-0.05, 0) is 47.7 Å². The number of carbonyl (C=O) groups excluding carboxylic acids is 1. The van der Waals surface area contributed by atoms with Gasteiger partial charge in [0, 0.05) is 11.6 Å². The van der Waals surface area contributed by atoms with Crippen LogP contribution in [0, 0.1) is 5.92 Å². The molecule has 0 radical (unpaired) electrons. The third-order valence-electron chi connectivity index (χ3n) is 5.97. The molecule has 2 aromatic carbocycles. The topological polar surface area (TPSA) is 29.5 Å². The third-order valence-corrected chi connectivity index (χ3v) is 5.97. The molecule has 0 aromatic heterocycles. The van der Waals surface area contributed by atoms with Gasteiger partial charge in [0.2, 0.25) is 5.91 Å². The highest BCUT2D eigenvalue weighted by Gasteiger charge is 2.41. The SMILES string of the molecule is COc1ccc([C@@H]2Cc3c(cccc3C(F)(F)F)N(CC[N+](C)(C)C)C(=O)[C@@H]2C)cc1.[I-]. The van der Waals surface area contributed by atoms with Gasteiger partial charge >= 0.3 is 6.18 Å². The van der Waals surface area contributed by atoms with Crippen molar-refractivity contribution in [3.63, 3.8) is 0 Å². The number of nitrogens with zero attached hydrogens (tertiary/aromatic N) is 2. The Bertz CT molecular complexity index is 940. The number of halogens is 4. The van der Waals surface area contributed by atoms with Crippen LogP contribution in [-0.2, 0) is 17.4 Å². The van der Waals surface area contributed by atoms with E-state index in [1.165, 1.54) is 6.07 Å². The molecular formula is C24H30F3IN2O2. The van der Waals surface area contributed by atoms with E-state index in [-0.39, 0.29) is 47.8 Å². The summed E-state index contributed by atoms with van der Waals surface area (Å²) in [7, 11) is 7.56. The Morgan fingerprint density at radius 3 is 2.25 bits per heavy atom. The number of anilines is 1. The number of rotatable bonds is 5. The first-order chi connectivity index (χ1) is 14.4. The van der Waals surface area contributed by atoms with Gasteiger partial charge in [0.1, 0.15) is 5.75 Å². The van der Waals surface area contributed by atoms with Gasteiger partial charge in [0.05, 0.1) is 46.9 Å². The zero-order valence-corrected chi connectivity index (χ0v) is 21.2. The van der Waals surface area contributed by atoms with Crippen LogP contribution in [0.5, 0.6) is 5.75 Å². The summed E-state index contributed by atoms with van der Waals surface area (Å²) in [6.07, 6.45) is -4.34. The van der Waals surface area contributed by atoms with Gasteiger partial charge in [-0.2, -0.15) is 13.2 Å². The fourth-order valence-electron chi connectivity index (χ4n) is 4.13. The van der Waals surface area contributed by atoms with Gasteiger partial charge in [-0.3, -0.25) is 4.79 Å². The number of carbonyl (C=O) groups is 1. The molecule has 1 amide bonds. The molecule has 176 valence electrons. The molecule has 8 heteroatoms. The molecule has 2 atom stereocenters. The summed E-state index contributed by atoms with van der Waals surface area (Å²) in [5.41, 5.74) is 0.727. The molecular weight excluding hydrogens is 532 g/mol. The van der Waals surface area contributed by atoms with Crippen LogP contribution in [-0.4, -0.2) is 51.7 Å². The van der Waals surface area contributed by atoms with Crippen molar-refractivity contribution in [1.29, 1.82) is 0 Å². The number of quaternary nitrogens is 1. The normalized spacial score (nSPS) is 19.1. The number of benzene rings is 2. The van der Waals surface area contributed by atoms with Crippen LogP contribution in [0.1, 0.15) is 29.5 Å². The molecule has 2 aromatic rings. The largest absolute Gasteiger partial charge is 1.00 e. The van der Waals surface area contributed by atoms with Crippen molar-refractivity contribution in [2.75, 3.05) is 46.2 Å². The van der Waals surface area contributed by atoms with E-state index < -0.39 is 17.7 Å². The summed E-state index contributed by atoms with van der Waals surface area (Å²) < 4.78 is 47.5. The number of fused-ring (bicyclic) bond motifs is 1. The molecule has 1 aliphatic rings. The van der Waals surface area contributed by atoms with E-state index in [1.807, 2.05) is 40.2 Å². The van der Waals surface area contributed by atoms with Crippen LogP contribution in [0.4, 0.5) is 18.9 Å². The summed E-state index contributed by atoms with van der Waals surface area (Å²) in [5, 5.41) is 0. The molecule has 0 aliphatic carbocycles. The average Bonchev–Trinajstić information content (AvgIpc) is 2.80. The van der Waals surface area contributed by atoms with Crippen molar-refractivity contribution in [2.45, 2.75) is 25.4 Å². The lowest BCUT2D eigenvalue weighted by atomic mass is 9.82. The number of likely N-dealkylation sites (N-methyl/N-ethyl adjacent to an activating group) is 1. The summed E-state index contributed by atoms with van der Waals surface area (Å²) >= 11 is 0. The average molecular weight is 562 g/mol. The van der Waals surface area contributed by atoms with Crippen molar-refractivity contribution < 1.29 is 51.2 Å². The molecule has 1 aliphatic heterocycles. The Morgan fingerprint density at radius 2 is 1.72 bits per heavy atom. The number of hydrogen-bond donors (Lipinski definition) is 0. The quantitative estimate of drug-likeness (QED) is 0.411. The fraction of sp³-hybridized carbons (Fsp3) is 0.458. The van der Waals surface area contributed by atoms with E-state index in [9.17, 15) is 18.0 Å². The van der Waals surface area contributed by atoms with E-state index >= 15 is 0 Å². The second-order valence-corrected chi connectivity index (χ2v) is 9.18. The summed E-state index contributed by atoms with van der Waals surface area (Å²) in [4.78, 5) is 15.1. The maximum atomic E-state index is 13.9. The Hall–Kier alpha value is -1.81. The minimum absolute atomic E-state index is 0. The molecule has 1 heterocycles. The van der Waals surface area contributed by atoms with Gasteiger partial charge < -0.3 is 38.1 Å². The van der Waals surface area contributed by atoms with Gasteiger partial charge in [-0.15, -0.1) is 0 Å². The molecule has 3 rings (SSSR count). The third kappa shape index (κ3) is 5.75. The molecule has 32 heavy (non-hydrogen) atoms. The maximum absolute atomic E-state index is 13.9. The number of amides is 1. The predicted octanol–water partition coefficient (Wildman–Crippen LogP) is 1.73. The first-order valence-electron chi connectivity index (χ1n) is 10.4. The Kier molecular flexibility index (Phi) is 8.25. The first-order valence-corrected chi connectivity index (χ1v) is 10.4. The number of methoxy groups -OCH3 is 1. The zero-order chi connectivity index (χ0) is 23.0. The van der Waals surface area contributed by atoms with Crippen LogP contribution in [0.15, 0.2) is 42.5 Å². The first kappa shape index (κ1) is 26.4. The van der Waals surface area contributed by atoms with Gasteiger partial charge in [0.25, 0.3) is 0 Å². The smallest absolute Gasteiger partial charge is 0.416 e. The number of alkyl halides is 3. The van der Waals surface area contributed by atoms with Crippen LogP contribution < -0.4 is 33.6 Å². The van der Waals surface area contributed by atoms with Crippen molar-refractivity contribution in [1.82, 2.24) is 0 Å². The van der Waals surface area contributed by atoms with Gasteiger partial charge in [-0.1, -0.05) is 25.1 Å². The van der Waals surface area contributed by atoms with Crippen LogP contribution in [0.3, 0.4) is 0 Å². The monoisotopic (exact) mass is 562 g/mol. The standard InChI is InChI=1S/C24H30F3N2O2.HI/c1-16-19(17-9-11-18(31-5)12-10-17)15-20-21(24(25,26)27)7-6-8-22(20)28(23(16)30)13-14-29(2,3)4;/h6-12,16,19H,13-15H2,1-5H3;1H/q+1;/p-1/t16-,19-;/m1./s1. The minimum Gasteiger partial charge on any atom is -1.00 e. The molecule has 0 saturated heterocycles. The van der Waals surface area contributed by atoms with Crippen LogP contribution in [0.2, 0.25) is 0 Å². The van der Waals surface area contributed by atoms with Crippen molar-refractivity contribution in [2.24, 2.45) is 5.92 Å². The molecule has 0 unspecified atom stereocenters. The lowest BCUT2D eigenvalue weighted by Gasteiger charge is -2.31. The minimum atomic E-state index is -4.49. The second kappa shape index (κ2) is 9.99. The van der Waals surface area contributed by atoms with E-state index in [0.717, 1.165) is 11.6 Å². The predicted molar refractivity (Wildman–Crippen MR) is 115 cm³/mol. The number of ether oxygens (including phenoxy) is 1. The highest BCUT2D eigenvalue weighted by molar-refractivity contribution is 5.97. The molecule has 4 nitrogen and oxygen atoms in total. The highest BCUT2D eigenvalue weighted by atomic mass is 127. The lowest BCUT2D eigenvalue weighted by Crippen LogP contribution is -3.00. The lowest BCUT2D eigenvalue weighted by molar-refractivity contribution is -0.868. The summed E-state index contributed by atoms with van der Waals surface area (Å²) in [6, 6.07) is 11.4. The van der Waals surface area contributed by atoms with Crippen molar-refractivity contribution >= 4 is 11.6 Å². The Labute approximate surface area is 205 Å². The second-order valence-electron chi connectivity index (χ2n) is 9.18. The number of hydrogen-bond acceptors (Lipinski definition) is 2.